The number of benzene rings is 4. The van der Waals surface area contributed by atoms with Crippen LogP contribution < -0.4 is 24.8 Å². The third kappa shape index (κ3) is 9.33. The van der Waals surface area contributed by atoms with Crippen LogP contribution in [0, 0.1) is 0 Å². The van der Waals surface area contributed by atoms with Gasteiger partial charge in [-0.3, -0.25) is 9.97 Å². The Bertz CT molecular complexity index is 2190. The van der Waals surface area contributed by atoms with E-state index >= 15 is 0 Å². The molecule has 0 aliphatic rings. The van der Waals surface area contributed by atoms with Crippen molar-refractivity contribution in [3.63, 3.8) is 0 Å². The predicted molar refractivity (Wildman–Crippen MR) is 214 cm³/mol. The molecule has 0 atom stereocenters. The van der Waals surface area contributed by atoms with Gasteiger partial charge < -0.3 is 24.8 Å². The number of nitrogens with zero attached hydrogens (tertiary/aromatic N) is 2. The molecule has 0 fully saturated rings. The molecule has 264 valence electrons. The zero-order valence-corrected chi connectivity index (χ0v) is 36.3. The first kappa shape index (κ1) is 41.6. The van der Waals surface area contributed by atoms with E-state index in [-0.39, 0.29) is 61.5 Å². The molecule has 8 aromatic rings. The van der Waals surface area contributed by atoms with Gasteiger partial charge in [-0.1, -0.05) is 150 Å². The molecule has 0 saturated heterocycles. The van der Waals surface area contributed by atoms with Crippen molar-refractivity contribution in [2.45, 2.75) is 52.4 Å². The average Bonchev–Trinajstić information content (AvgIpc) is 3.77. The Morgan fingerprint density at radius 2 is 0.811 bits per heavy atom. The van der Waals surface area contributed by atoms with Gasteiger partial charge in [-0.25, -0.2) is 0 Å². The van der Waals surface area contributed by atoms with E-state index in [0.29, 0.717) is 0 Å². The zero-order chi connectivity index (χ0) is 34.9. The van der Waals surface area contributed by atoms with E-state index in [9.17, 15) is 0 Å². The molecule has 2 nitrogen and oxygen atoms in total. The van der Waals surface area contributed by atoms with E-state index in [0.717, 1.165) is 11.4 Å². The van der Waals surface area contributed by atoms with Crippen LogP contribution in [0.3, 0.4) is 0 Å². The van der Waals surface area contributed by atoms with E-state index in [1.165, 1.54) is 66.1 Å². The van der Waals surface area contributed by atoms with Gasteiger partial charge in [-0.05, 0) is 45.2 Å². The number of pyridine rings is 2. The summed E-state index contributed by atoms with van der Waals surface area (Å²) in [6.07, 6.45) is 3.69. The summed E-state index contributed by atoms with van der Waals surface area (Å²) in [6.45, 7) is 13.5. The van der Waals surface area contributed by atoms with Gasteiger partial charge in [0.1, 0.15) is 0 Å². The van der Waals surface area contributed by atoms with Gasteiger partial charge in [0.25, 0.3) is 0 Å². The molecule has 0 N–H and O–H groups in total. The van der Waals surface area contributed by atoms with Crippen LogP contribution in [-0.2, 0) is 36.7 Å². The molecule has 0 bridgehead atoms. The summed E-state index contributed by atoms with van der Waals surface area (Å²) < 4.78 is 0. The summed E-state index contributed by atoms with van der Waals surface area (Å²) in [7, 11) is 0. The number of halogens is 2. The van der Waals surface area contributed by atoms with Gasteiger partial charge in [0.15, 0.2) is 0 Å². The van der Waals surface area contributed by atoms with E-state index < -0.39 is 0 Å². The second kappa shape index (κ2) is 17.3. The Morgan fingerprint density at radius 3 is 1.13 bits per heavy atom. The molecule has 8 rings (SSSR count). The van der Waals surface area contributed by atoms with Crippen LogP contribution in [0.2, 0.25) is 0 Å². The molecule has 0 amide bonds. The van der Waals surface area contributed by atoms with E-state index in [1.54, 1.807) is 0 Å². The number of hydrogen-bond donors (Lipinski definition) is 0. The number of rotatable bonds is 4. The molecule has 0 spiro atoms. The minimum Gasteiger partial charge on any atom is -1.00 e. The fourth-order valence-corrected chi connectivity index (χ4v) is 6.64. The first-order valence-corrected chi connectivity index (χ1v) is 17.5. The predicted octanol–water partition coefficient (Wildman–Crippen LogP) is 7.18. The average molecular weight is 898 g/mol. The van der Waals surface area contributed by atoms with Gasteiger partial charge >= 0.3 is 25.8 Å². The fourth-order valence-electron chi connectivity index (χ4n) is 6.64. The quantitative estimate of drug-likeness (QED) is 0.138. The largest absolute Gasteiger partial charge is 4.00 e. The second-order valence-electron chi connectivity index (χ2n) is 15.2. The molecule has 53 heavy (non-hydrogen) atoms. The van der Waals surface area contributed by atoms with Crippen molar-refractivity contribution >= 4 is 21.5 Å². The molecule has 0 aliphatic heterocycles. The minimum absolute atomic E-state index is 0. The van der Waals surface area contributed by atoms with Gasteiger partial charge in [0.05, 0.1) is 0 Å². The molecule has 2 aromatic heterocycles. The van der Waals surface area contributed by atoms with Crippen molar-refractivity contribution in [3.8, 4) is 44.8 Å². The molecular formula is C48H44Cl2HfN2. The van der Waals surface area contributed by atoms with E-state index in [2.05, 4.69) is 173 Å². The van der Waals surface area contributed by atoms with Crippen molar-refractivity contribution in [2.24, 2.45) is 0 Å². The summed E-state index contributed by atoms with van der Waals surface area (Å²) in [5.41, 5.74) is 12.5. The van der Waals surface area contributed by atoms with Crippen molar-refractivity contribution in [3.05, 3.63) is 169 Å². The Kier molecular flexibility index (Phi) is 13.6. The smallest absolute Gasteiger partial charge is 1.00 e. The van der Waals surface area contributed by atoms with Gasteiger partial charge in [0.2, 0.25) is 0 Å². The van der Waals surface area contributed by atoms with Crippen molar-refractivity contribution in [1.29, 1.82) is 0 Å². The van der Waals surface area contributed by atoms with Gasteiger partial charge in [0, 0.05) is 23.8 Å². The summed E-state index contributed by atoms with van der Waals surface area (Å²) in [6, 6.07) is 52.0. The third-order valence-corrected chi connectivity index (χ3v) is 9.55. The summed E-state index contributed by atoms with van der Waals surface area (Å²) in [4.78, 5) is 8.97. The van der Waals surface area contributed by atoms with Gasteiger partial charge in [-0.15, -0.1) is 69.1 Å². The Hall–Kier alpha value is -4.15. The van der Waals surface area contributed by atoms with E-state index in [1.807, 2.05) is 36.7 Å². The number of hydrogen-bond acceptors (Lipinski definition) is 2. The van der Waals surface area contributed by atoms with Crippen LogP contribution in [-0.4, -0.2) is 9.97 Å². The molecule has 6 aromatic carbocycles. The number of fused-ring (bicyclic) bond motifs is 2. The van der Waals surface area contributed by atoms with Crippen LogP contribution in [0.25, 0.3) is 66.3 Å². The van der Waals surface area contributed by atoms with Crippen molar-refractivity contribution in [2.75, 3.05) is 0 Å². The van der Waals surface area contributed by atoms with Crippen LogP contribution in [0.4, 0.5) is 0 Å². The first-order chi connectivity index (χ1) is 24.0. The molecule has 0 unspecified atom stereocenters. The topological polar surface area (TPSA) is 25.8 Å². The molecule has 2 heterocycles. The second-order valence-corrected chi connectivity index (χ2v) is 15.2. The molecule has 0 aliphatic carbocycles. The molecule has 5 heteroatoms. The Balaban J connectivity index is 0.000000224. The number of aromatic nitrogens is 2. The Labute approximate surface area is 346 Å². The monoisotopic (exact) mass is 898 g/mol. The summed E-state index contributed by atoms with van der Waals surface area (Å²) in [5, 5.41) is 5.09. The molecule has 0 saturated carbocycles. The van der Waals surface area contributed by atoms with Gasteiger partial charge in [-0.2, -0.15) is 0 Å². The van der Waals surface area contributed by atoms with Crippen LogP contribution >= 0.6 is 0 Å². The maximum Gasteiger partial charge on any atom is 4.00 e. The Morgan fingerprint density at radius 1 is 0.434 bits per heavy atom. The summed E-state index contributed by atoms with van der Waals surface area (Å²) in [5.74, 6) is 0. The maximum atomic E-state index is 4.49. The van der Waals surface area contributed by atoms with Crippen molar-refractivity contribution < 1.29 is 50.7 Å². The fraction of sp³-hybridized carbons (Fsp3) is 0.167. The molecular weight excluding hydrogens is 854 g/mol. The third-order valence-electron chi connectivity index (χ3n) is 9.55. The standard InChI is InChI=1S/2C24H22N.2ClH.Hf/c2*1-24(2,3)20-12-10-17(11-13-20)21-8-6-7-18-15-19(16-22(18)21)23-9-4-5-14-25-23;;;/h2*4-16H,1-3H3;2*1H;/q2*-1;;;+4/p-2. The van der Waals surface area contributed by atoms with Crippen LogP contribution in [0.5, 0.6) is 0 Å². The molecule has 0 radical (unpaired) electrons. The minimum atomic E-state index is 0. The zero-order valence-electron chi connectivity index (χ0n) is 31.2. The maximum absolute atomic E-state index is 4.49. The summed E-state index contributed by atoms with van der Waals surface area (Å²) >= 11 is 0. The normalized spacial score (nSPS) is 11.1. The van der Waals surface area contributed by atoms with Crippen molar-refractivity contribution in [1.82, 2.24) is 9.97 Å². The van der Waals surface area contributed by atoms with Crippen LogP contribution in [0.1, 0.15) is 52.7 Å². The van der Waals surface area contributed by atoms with E-state index in [4.69, 9.17) is 0 Å². The first-order valence-electron chi connectivity index (χ1n) is 17.5. The van der Waals surface area contributed by atoms with Crippen LogP contribution in [0.15, 0.2) is 158 Å². The SMILES string of the molecule is CC(C)(C)c1ccc(-c2cccc3[cH-]c(-c4ccccn4)cc23)cc1.CC(C)(C)c1ccc(-c2cccc3[cH-]c(-c4ccccn4)cc23)cc1.[Cl-].[Cl-].[Hf+4].